The molecule has 2 aromatic rings. The maximum absolute atomic E-state index is 12.3. The van der Waals surface area contributed by atoms with Crippen molar-refractivity contribution in [2.45, 2.75) is 24.8 Å². The summed E-state index contributed by atoms with van der Waals surface area (Å²) in [4.78, 5) is 0.318. The van der Waals surface area contributed by atoms with Crippen molar-refractivity contribution in [1.29, 1.82) is 0 Å². The van der Waals surface area contributed by atoms with Crippen LogP contribution in [0.15, 0.2) is 33.9 Å². The molecule has 0 saturated carbocycles. The lowest BCUT2D eigenvalue weighted by Gasteiger charge is -2.08. The Hall–Kier alpha value is -1.37. The average molecular weight is 308 g/mol. The molecular formula is C14H16N2O2S2. The summed E-state index contributed by atoms with van der Waals surface area (Å²) in [6.45, 7) is 3.20. The Kier molecular flexibility index (Phi) is 3.54. The third kappa shape index (κ3) is 2.59. The van der Waals surface area contributed by atoms with Gasteiger partial charge in [-0.1, -0.05) is 6.07 Å². The summed E-state index contributed by atoms with van der Waals surface area (Å²) in [5, 5.41) is 7.19. The molecule has 3 rings (SSSR count). The van der Waals surface area contributed by atoms with E-state index in [1.165, 1.54) is 5.56 Å². The van der Waals surface area contributed by atoms with Crippen LogP contribution >= 0.6 is 11.3 Å². The van der Waals surface area contributed by atoms with E-state index in [1.54, 1.807) is 23.5 Å². The molecule has 1 aromatic heterocycles. The van der Waals surface area contributed by atoms with E-state index in [0.717, 1.165) is 29.8 Å². The second-order valence-electron chi connectivity index (χ2n) is 4.90. The number of aryl methyl sites for hydroxylation is 1. The number of sulfonamides is 1. The molecule has 1 aliphatic rings. The number of thiophene rings is 1. The summed E-state index contributed by atoms with van der Waals surface area (Å²) in [6, 6.07) is 5.28. The Balaban J connectivity index is 1.80. The predicted molar refractivity (Wildman–Crippen MR) is 81.7 cm³/mol. The minimum Gasteiger partial charge on any atom is -0.384 e. The molecule has 1 aromatic carbocycles. The largest absolute Gasteiger partial charge is 0.384 e. The first-order valence-corrected chi connectivity index (χ1v) is 8.87. The highest BCUT2D eigenvalue weighted by Gasteiger charge is 2.18. The molecule has 0 aliphatic carbocycles. The van der Waals surface area contributed by atoms with Gasteiger partial charge >= 0.3 is 0 Å². The second kappa shape index (κ2) is 5.20. The number of nitrogens with one attached hydrogen (secondary N) is 2. The third-order valence-electron chi connectivity index (χ3n) is 3.52. The maximum Gasteiger partial charge on any atom is 0.240 e. The lowest BCUT2D eigenvalue weighted by Crippen LogP contribution is -2.23. The van der Waals surface area contributed by atoms with Gasteiger partial charge in [0, 0.05) is 18.8 Å². The van der Waals surface area contributed by atoms with Gasteiger partial charge in [0.1, 0.15) is 0 Å². The fraction of sp³-hybridized carbons (Fsp3) is 0.286. The van der Waals surface area contributed by atoms with E-state index in [4.69, 9.17) is 0 Å². The van der Waals surface area contributed by atoms with Gasteiger partial charge in [-0.15, -0.1) is 0 Å². The molecule has 0 radical (unpaired) electrons. The van der Waals surface area contributed by atoms with E-state index in [9.17, 15) is 8.42 Å². The molecule has 0 saturated heterocycles. The molecule has 6 heteroatoms. The Morgan fingerprint density at radius 3 is 2.95 bits per heavy atom. The van der Waals surface area contributed by atoms with E-state index < -0.39 is 10.0 Å². The lowest BCUT2D eigenvalue weighted by atomic mass is 10.2. The Labute approximate surface area is 122 Å². The monoisotopic (exact) mass is 308 g/mol. The van der Waals surface area contributed by atoms with Gasteiger partial charge in [-0.25, -0.2) is 13.1 Å². The molecule has 0 bridgehead atoms. The van der Waals surface area contributed by atoms with Crippen LogP contribution in [0, 0.1) is 6.92 Å². The van der Waals surface area contributed by atoms with Crippen molar-refractivity contribution >= 4 is 27.0 Å². The number of fused-ring (bicyclic) bond motifs is 1. The molecule has 4 nitrogen and oxygen atoms in total. The fourth-order valence-corrected chi connectivity index (χ4v) is 4.15. The van der Waals surface area contributed by atoms with Gasteiger partial charge < -0.3 is 5.32 Å². The first kappa shape index (κ1) is 13.6. The van der Waals surface area contributed by atoms with Gasteiger partial charge in [0.15, 0.2) is 0 Å². The molecule has 0 amide bonds. The minimum atomic E-state index is -3.46. The van der Waals surface area contributed by atoms with Crippen LogP contribution in [0.3, 0.4) is 0 Å². The van der Waals surface area contributed by atoms with Crippen LogP contribution < -0.4 is 10.0 Å². The van der Waals surface area contributed by atoms with Crippen LogP contribution in [0.4, 0.5) is 5.69 Å². The lowest BCUT2D eigenvalue weighted by molar-refractivity contribution is 0.581. The summed E-state index contributed by atoms with van der Waals surface area (Å²) in [5.74, 6) is 0. The highest BCUT2D eigenvalue weighted by Crippen LogP contribution is 2.25. The molecule has 0 atom stereocenters. The van der Waals surface area contributed by atoms with Crippen LogP contribution in [-0.2, 0) is 23.0 Å². The van der Waals surface area contributed by atoms with Gasteiger partial charge in [-0.3, -0.25) is 0 Å². The summed E-state index contributed by atoms with van der Waals surface area (Å²) >= 11 is 1.58. The van der Waals surface area contributed by atoms with Crippen molar-refractivity contribution in [2.24, 2.45) is 0 Å². The van der Waals surface area contributed by atoms with Crippen LogP contribution in [0.5, 0.6) is 0 Å². The number of benzene rings is 1. The molecular weight excluding hydrogens is 292 g/mol. The van der Waals surface area contributed by atoms with E-state index in [0.29, 0.717) is 11.4 Å². The van der Waals surface area contributed by atoms with Crippen LogP contribution in [0.25, 0.3) is 0 Å². The summed E-state index contributed by atoms with van der Waals surface area (Å²) in [5.41, 5.74) is 4.25. The molecule has 0 fully saturated rings. The van der Waals surface area contributed by atoms with Crippen molar-refractivity contribution in [3.63, 3.8) is 0 Å². The van der Waals surface area contributed by atoms with Crippen molar-refractivity contribution in [1.82, 2.24) is 4.72 Å². The van der Waals surface area contributed by atoms with Crippen LogP contribution in [-0.4, -0.2) is 15.0 Å². The van der Waals surface area contributed by atoms with Crippen molar-refractivity contribution < 1.29 is 8.42 Å². The molecule has 1 aliphatic heterocycles. The standard InChI is InChI=1S/C14H16N2O2S2/c1-10-8-19-9-12(10)7-16-20(17,18)13-3-2-11-4-5-15-14(11)6-13/h2-3,6,8-9,15-16H,4-5,7H2,1H3. The predicted octanol–water partition coefficient (Wildman–Crippen LogP) is 2.50. The Morgan fingerprint density at radius 2 is 2.20 bits per heavy atom. The topological polar surface area (TPSA) is 58.2 Å². The summed E-state index contributed by atoms with van der Waals surface area (Å²) in [7, 11) is -3.46. The number of rotatable bonds is 4. The SMILES string of the molecule is Cc1cscc1CNS(=O)(=O)c1ccc2c(c1)NCC2. The van der Waals surface area contributed by atoms with Gasteiger partial charge in [-0.2, -0.15) is 11.3 Å². The normalized spacial score (nSPS) is 14.1. The smallest absolute Gasteiger partial charge is 0.240 e. The van der Waals surface area contributed by atoms with Gasteiger partial charge in [0.05, 0.1) is 4.90 Å². The van der Waals surface area contributed by atoms with Crippen molar-refractivity contribution in [2.75, 3.05) is 11.9 Å². The number of anilines is 1. The van der Waals surface area contributed by atoms with Crippen LogP contribution in [0.2, 0.25) is 0 Å². The van der Waals surface area contributed by atoms with Crippen molar-refractivity contribution in [3.05, 3.63) is 45.6 Å². The zero-order chi connectivity index (χ0) is 14.2. The van der Waals surface area contributed by atoms with Gasteiger partial charge in [0.25, 0.3) is 0 Å². The molecule has 0 unspecified atom stereocenters. The van der Waals surface area contributed by atoms with E-state index in [2.05, 4.69) is 10.0 Å². The first-order chi connectivity index (χ1) is 9.56. The third-order valence-corrected chi connectivity index (χ3v) is 5.82. The highest BCUT2D eigenvalue weighted by molar-refractivity contribution is 7.89. The highest BCUT2D eigenvalue weighted by atomic mass is 32.2. The fourth-order valence-electron chi connectivity index (χ4n) is 2.26. The number of hydrogen-bond donors (Lipinski definition) is 2. The van der Waals surface area contributed by atoms with Crippen molar-refractivity contribution in [3.8, 4) is 0 Å². The molecule has 106 valence electrons. The zero-order valence-electron chi connectivity index (χ0n) is 11.1. The average Bonchev–Trinajstić information content (AvgIpc) is 3.04. The van der Waals surface area contributed by atoms with E-state index in [-0.39, 0.29) is 0 Å². The zero-order valence-corrected chi connectivity index (χ0v) is 12.8. The van der Waals surface area contributed by atoms with E-state index in [1.807, 2.05) is 23.8 Å². The Morgan fingerprint density at radius 1 is 1.35 bits per heavy atom. The molecule has 2 N–H and O–H groups in total. The maximum atomic E-state index is 12.3. The quantitative estimate of drug-likeness (QED) is 0.912. The van der Waals surface area contributed by atoms with Crippen LogP contribution in [0.1, 0.15) is 16.7 Å². The molecule has 2 heterocycles. The summed E-state index contributed by atoms with van der Waals surface area (Å²) < 4.78 is 27.3. The first-order valence-electron chi connectivity index (χ1n) is 6.44. The van der Waals surface area contributed by atoms with Gasteiger partial charge in [-0.05, 0) is 52.9 Å². The van der Waals surface area contributed by atoms with E-state index >= 15 is 0 Å². The summed E-state index contributed by atoms with van der Waals surface area (Å²) in [6.07, 6.45) is 0.956. The Bertz CT molecular complexity index is 735. The second-order valence-corrected chi connectivity index (χ2v) is 7.41. The number of hydrogen-bond acceptors (Lipinski definition) is 4. The minimum absolute atomic E-state index is 0.318. The van der Waals surface area contributed by atoms with Gasteiger partial charge in [0.2, 0.25) is 10.0 Å². The molecule has 20 heavy (non-hydrogen) atoms. The molecule has 0 spiro atoms.